The van der Waals surface area contributed by atoms with Gasteiger partial charge in [0.1, 0.15) is 0 Å². The predicted molar refractivity (Wildman–Crippen MR) is 126 cm³/mol. The van der Waals surface area contributed by atoms with Crippen molar-refractivity contribution in [2.75, 3.05) is 39.3 Å². The second kappa shape index (κ2) is 12.5. The highest BCUT2D eigenvalue weighted by molar-refractivity contribution is 7.80. The van der Waals surface area contributed by atoms with Gasteiger partial charge in [0.15, 0.2) is 16.6 Å². The Labute approximate surface area is 193 Å². The van der Waals surface area contributed by atoms with Gasteiger partial charge in [-0.05, 0) is 68.4 Å². The maximum Gasteiger partial charge on any atom is 0.340 e. The highest BCUT2D eigenvalue weighted by Gasteiger charge is 2.17. The number of thiocarbonyl (C=S) groups is 1. The van der Waals surface area contributed by atoms with Crippen LogP contribution in [-0.2, 0) is 15.9 Å². The van der Waals surface area contributed by atoms with Crippen LogP contribution in [0, 0.1) is 0 Å². The van der Waals surface area contributed by atoms with Gasteiger partial charge in [-0.15, -0.1) is 0 Å². The summed E-state index contributed by atoms with van der Waals surface area (Å²) in [4.78, 5) is 24.4. The number of esters is 2. The van der Waals surface area contributed by atoms with Gasteiger partial charge in [-0.25, -0.2) is 9.59 Å². The highest BCUT2D eigenvalue weighted by Crippen LogP contribution is 2.27. The molecule has 32 heavy (non-hydrogen) atoms. The van der Waals surface area contributed by atoms with E-state index in [9.17, 15) is 9.59 Å². The molecule has 0 aliphatic carbocycles. The third-order valence-corrected chi connectivity index (χ3v) is 4.67. The van der Waals surface area contributed by atoms with Crippen molar-refractivity contribution in [3.8, 4) is 11.5 Å². The summed E-state index contributed by atoms with van der Waals surface area (Å²) in [5, 5.41) is 6.38. The van der Waals surface area contributed by atoms with E-state index in [2.05, 4.69) is 10.6 Å². The molecule has 9 heteroatoms. The summed E-state index contributed by atoms with van der Waals surface area (Å²) in [7, 11) is 3.18. The largest absolute Gasteiger partial charge is 0.493 e. The van der Waals surface area contributed by atoms with Gasteiger partial charge in [0.05, 0.1) is 44.2 Å². The minimum absolute atomic E-state index is 0.228. The third kappa shape index (κ3) is 6.84. The topological polar surface area (TPSA) is 95.1 Å². The molecule has 0 saturated carbocycles. The Morgan fingerprint density at radius 3 is 2.25 bits per heavy atom. The number of nitrogens with one attached hydrogen (secondary N) is 2. The van der Waals surface area contributed by atoms with Crippen LogP contribution < -0.4 is 20.1 Å². The lowest BCUT2D eigenvalue weighted by Crippen LogP contribution is -2.31. The molecule has 2 aromatic carbocycles. The number of carbonyl (C=O) groups excluding carboxylic acids is 2. The monoisotopic (exact) mass is 460 g/mol. The van der Waals surface area contributed by atoms with Gasteiger partial charge in [-0.3, -0.25) is 0 Å². The minimum atomic E-state index is -0.515. The lowest BCUT2D eigenvalue weighted by atomic mass is 10.1. The van der Waals surface area contributed by atoms with Gasteiger partial charge in [-0.2, -0.15) is 0 Å². The number of hydrogen-bond acceptors (Lipinski definition) is 7. The van der Waals surface area contributed by atoms with Crippen molar-refractivity contribution in [3.05, 3.63) is 53.1 Å². The molecule has 8 nitrogen and oxygen atoms in total. The number of methoxy groups -OCH3 is 2. The Bertz CT molecular complexity index is 963. The van der Waals surface area contributed by atoms with Crippen molar-refractivity contribution >= 4 is 35.0 Å². The van der Waals surface area contributed by atoms with Gasteiger partial charge in [0.2, 0.25) is 0 Å². The molecule has 0 aliphatic rings. The molecule has 2 N–H and O–H groups in total. The van der Waals surface area contributed by atoms with E-state index in [1.54, 1.807) is 28.1 Å². The number of hydrogen-bond donors (Lipinski definition) is 2. The Hall–Kier alpha value is -3.33. The normalized spacial score (nSPS) is 10.1. The van der Waals surface area contributed by atoms with Crippen LogP contribution in [-0.4, -0.2) is 51.0 Å². The van der Waals surface area contributed by atoms with E-state index in [0.29, 0.717) is 40.8 Å². The van der Waals surface area contributed by atoms with Crippen molar-refractivity contribution in [3.63, 3.8) is 0 Å². The van der Waals surface area contributed by atoms with Crippen LogP contribution in [0.2, 0.25) is 0 Å². The number of ether oxygens (including phenoxy) is 4. The van der Waals surface area contributed by atoms with Crippen LogP contribution >= 0.6 is 12.2 Å². The molecule has 172 valence electrons. The number of carbonyl (C=O) groups is 2. The van der Waals surface area contributed by atoms with Crippen LogP contribution in [0.15, 0.2) is 36.4 Å². The molecular formula is C23H28N2O6S. The quantitative estimate of drug-likeness (QED) is 0.407. The summed E-state index contributed by atoms with van der Waals surface area (Å²) in [6, 6.07) is 10.2. The fourth-order valence-corrected chi connectivity index (χ4v) is 3.11. The first-order chi connectivity index (χ1) is 15.4. The molecule has 0 fully saturated rings. The smallest absolute Gasteiger partial charge is 0.340 e. The summed E-state index contributed by atoms with van der Waals surface area (Å²) in [6.45, 7) is 4.46. The van der Waals surface area contributed by atoms with Gasteiger partial charge in [0, 0.05) is 6.54 Å². The molecule has 0 atom stereocenters. The first-order valence-corrected chi connectivity index (χ1v) is 10.6. The van der Waals surface area contributed by atoms with E-state index in [1.165, 1.54) is 18.2 Å². The van der Waals surface area contributed by atoms with E-state index in [-0.39, 0.29) is 18.8 Å². The van der Waals surface area contributed by atoms with Crippen molar-refractivity contribution in [2.45, 2.75) is 20.3 Å². The average Bonchev–Trinajstić information content (AvgIpc) is 2.79. The van der Waals surface area contributed by atoms with E-state index >= 15 is 0 Å². The molecule has 0 radical (unpaired) electrons. The number of rotatable bonds is 10. The fourth-order valence-electron chi connectivity index (χ4n) is 2.90. The predicted octanol–water partition coefficient (Wildman–Crippen LogP) is 3.59. The lowest BCUT2D eigenvalue weighted by molar-refractivity contribution is 0.0512. The fraction of sp³-hybridized carbons (Fsp3) is 0.348. The van der Waals surface area contributed by atoms with Crippen molar-refractivity contribution in [1.82, 2.24) is 5.32 Å². The maximum atomic E-state index is 12.3. The molecular weight excluding hydrogens is 432 g/mol. The first kappa shape index (κ1) is 24.9. The zero-order valence-corrected chi connectivity index (χ0v) is 19.5. The first-order valence-electron chi connectivity index (χ1n) is 10.2. The SMILES string of the molecule is CCOC(=O)c1ccc(C(=O)OCC)c(NC(=S)NCCc2ccc(OC)c(OC)c2)c1. The standard InChI is InChI=1S/C23H28N2O6S/c1-5-30-21(26)16-8-9-17(22(27)31-6-2)18(14-16)25-23(32)24-12-11-15-7-10-19(28-3)20(13-15)29-4/h7-10,13-14H,5-6,11-12H2,1-4H3,(H2,24,25,32). The summed E-state index contributed by atoms with van der Waals surface area (Å²) < 4.78 is 20.7. The summed E-state index contributed by atoms with van der Waals surface area (Å²) in [6.07, 6.45) is 0.676. The van der Waals surface area contributed by atoms with E-state index < -0.39 is 11.9 Å². The molecule has 0 spiro atoms. The maximum absolute atomic E-state index is 12.3. The van der Waals surface area contributed by atoms with Crippen LogP contribution in [0.3, 0.4) is 0 Å². The van der Waals surface area contributed by atoms with Gasteiger partial charge in [-0.1, -0.05) is 6.07 Å². The van der Waals surface area contributed by atoms with Crippen molar-refractivity contribution in [1.29, 1.82) is 0 Å². The van der Waals surface area contributed by atoms with Crippen molar-refractivity contribution in [2.24, 2.45) is 0 Å². The van der Waals surface area contributed by atoms with Crippen LogP contribution in [0.4, 0.5) is 5.69 Å². The van der Waals surface area contributed by atoms with E-state index in [1.807, 2.05) is 18.2 Å². The third-order valence-electron chi connectivity index (χ3n) is 4.42. The molecule has 0 aliphatic heterocycles. The Balaban J connectivity index is 2.07. The molecule has 0 amide bonds. The second-order valence-corrected chi connectivity index (χ2v) is 6.93. The lowest BCUT2D eigenvalue weighted by Gasteiger charge is -2.15. The zero-order valence-electron chi connectivity index (χ0n) is 18.7. The molecule has 0 bridgehead atoms. The highest BCUT2D eigenvalue weighted by atomic mass is 32.1. The van der Waals surface area contributed by atoms with Gasteiger partial charge >= 0.3 is 11.9 Å². The molecule has 2 aromatic rings. The summed E-state index contributed by atoms with van der Waals surface area (Å²) in [5.74, 6) is 0.312. The molecule has 0 aromatic heterocycles. The van der Waals surface area contributed by atoms with Crippen LogP contribution in [0.5, 0.6) is 11.5 Å². The minimum Gasteiger partial charge on any atom is -0.493 e. The zero-order chi connectivity index (χ0) is 23.5. The molecule has 2 rings (SSSR count). The number of anilines is 1. The Morgan fingerprint density at radius 1 is 0.906 bits per heavy atom. The van der Waals surface area contributed by atoms with Crippen LogP contribution in [0.1, 0.15) is 40.1 Å². The Kier molecular flexibility index (Phi) is 9.75. The molecule has 0 unspecified atom stereocenters. The molecule has 0 saturated heterocycles. The summed E-state index contributed by atoms with van der Waals surface area (Å²) >= 11 is 5.38. The van der Waals surface area contributed by atoms with Gasteiger partial charge < -0.3 is 29.6 Å². The molecule has 0 heterocycles. The Morgan fingerprint density at radius 2 is 1.59 bits per heavy atom. The number of benzene rings is 2. The van der Waals surface area contributed by atoms with Crippen molar-refractivity contribution < 1.29 is 28.5 Å². The van der Waals surface area contributed by atoms with E-state index in [0.717, 1.165) is 5.56 Å². The second-order valence-electron chi connectivity index (χ2n) is 6.52. The average molecular weight is 461 g/mol. The van der Waals surface area contributed by atoms with E-state index in [4.69, 9.17) is 31.2 Å². The summed E-state index contributed by atoms with van der Waals surface area (Å²) in [5.41, 5.74) is 1.96. The van der Waals surface area contributed by atoms with Gasteiger partial charge in [0.25, 0.3) is 0 Å². The van der Waals surface area contributed by atoms with Crippen LogP contribution in [0.25, 0.3) is 0 Å².